The van der Waals surface area contributed by atoms with Crippen LogP contribution in [0.4, 0.5) is 38.4 Å². The number of carbonyl (C=O) groups excluding carboxylic acids is 1. The van der Waals surface area contributed by atoms with Crippen LogP contribution in [0.25, 0.3) is 11.4 Å². The number of amides is 1. The highest BCUT2D eigenvalue weighted by Crippen LogP contribution is 2.40. The highest BCUT2D eigenvalue weighted by Gasteiger charge is 2.39. The summed E-state index contributed by atoms with van der Waals surface area (Å²) < 4.78 is 72.3. The first kappa shape index (κ1) is 20.2. The van der Waals surface area contributed by atoms with Crippen LogP contribution >= 0.6 is 0 Å². The highest BCUT2D eigenvalue weighted by atomic mass is 19.4. The second-order valence-electron chi connectivity index (χ2n) is 6.60. The molecule has 2 aromatic rings. The van der Waals surface area contributed by atoms with Gasteiger partial charge in [0.05, 0.1) is 16.8 Å². The van der Waals surface area contributed by atoms with Gasteiger partial charge in [0.2, 0.25) is 0 Å². The molecule has 0 unspecified atom stereocenters. The van der Waals surface area contributed by atoms with Crippen molar-refractivity contribution in [2.45, 2.75) is 18.7 Å². The van der Waals surface area contributed by atoms with Crippen LogP contribution in [0.3, 0.4) is 0 Å². The summed E-state index contributed by atoms with van der Waals surface area (Å²) in [6.45, 7) is 1.97. The minimum atomic E-state index is -4.69. The number of hydrogen-bond donors (Lipinski definition) is 2. The van der Waals surface area contributed by atoms with Gasteiger partial charge in [-0.1, -0.05) is 0 Å². The number of anilines is 2. The Hall–Kier alpha value is -3.09. The number of nitrogens with one attached hydrogen (secondary N) is 2. The van der Waals surface area contributed by atoms with Gasteiger partial charge in [-0.2, -0.15) is 13.2 Å². The largest absolute Gasteiger partial charge is 0.435 e. The van der Waals surface area contributed by atoms with E-state index in [-0.39, 0.29) is 28.6 Å². The standard InChI is InChI=1S/C17H15F5N6O2/c18-14(19)13-11-12(24-7-25-15(11)27-16(29)30-13)9-5-8(17(20,21)22)6-10(26-9)28-3-1-23-2-4-28/h5-7,13-14,23H,1-4H2,(H,24,25,27,29)/t13-/m1/s1. The van der Waals surface area contributed by atoms with E-state index in [1.807, 2.05) is 0 Å². The van der Waals surface area contributed by atoms with Crippen LogP contribution in [0.15, 0.2) is 18.5 Å². The third-order valence-corrected chi connectivity index (χ3v) is 4.67. The predicted octanol–water partition coefficient (Wildman–Crippen LogP) is 2.84. The third kappa shape index (κ3) is 3.84. The Kier molecular flexibility index (Phi) is 5.13. The predicted molar refractivity (Wildman–Crippen MR) is 94.2 cm³/mol. The van der Waals surface area contributed by atoms with Gasteiger partial charge in [-0.05, 0) is 12.1 Å². The van der Waals surface area contributed by atoms with E-state index >= 15 is 0 Å². The van der Waals surface area contributed by atoms with Crippen molar-refractivity contribution in [1.82, 2.24) is 20.3 Å². The first-order valence-electron chi connectivity index (χ1n) is 8.90. The molecule has 0 aliphatic carbocycles. The zero-order chi connectivity index (χ0) is 21.5. The lowest BCUT2D eigenvalue weighted by Crippen LogP contribution is -2.44. The molecule has 13 heteroatoms. The number of alkyl halides is 5. The lowest BCUT2D eigenvalue weighted by molar-refractivity contribution is -0.137. The normalized spacial score (nSPS) is 19.3. The molecular formula is C17H15F5N6O2. The van der Waals surface area contributed by atoms with Crippen molar-refractivity contribution in [3.05, 3.63) is 29.6 Å². The zero-order valence-electron chi connectivity index (χ0n) is 15.2. The highest BCUT2D eigenvalue weighted by molar-refractivity contribution is 5.88. The molecule has 0 aromatic carbocycles. The quantitative estimate of drug-likeness (QED) is 0.724. The van der Waals surface area contributed by atoms with E-state index in [1.54, 1.807) is 4.90 Å². The van der Waals surface area contributed by atoms with Crippen molar-refractivity contribution < 1.29 is 31.5 Å². The molecule has 2 aromatic heterocycles. The van der Waals surface area contributed by atoms with E-state index in [0.717, 1.165) is 18.5 Å². The Balaban J connectivity index is 1.88. The molecule has 2 N–H and O–H groups in total. The number of hydrogen-bond acceptors (Lipinski definition) is 7. The molecule has 1 fully saturated rings. The number of piperazine rings is 1. The number of cyclic esters (lactones) is 1. The lowest BCUT2D eigenvalue weighted by Gasteiger charge is -2.30. The van der Waals surface area contributed by atoms with Crippen LogP contribution < -0.4 is 15.5 Å². The van der Waals surface area contributed by atoms with E-state index in [0.29, 0.717) is 26.2 Å². The van der Waals surface area contributed by atoms with Crippen LogP contribution in [-0.4, -0.2) is 53.6 Å². The summed E-state index contributed by atoms with van der Waals surface area (Å²) in [4.78, 5) is 25.1. The Morgan fingerprint density at radius 3 is 2.57 bits per heavy atom. The molecule has 0 radical (unpaired) electrons. The Bertz CT molecular complexity index is 964. The number of halogens is 5. The van der Waals surface area contributed by atoms with Gasteiger partial charge in [-0.25, -0.2) is 28.5 Å². The molecule has 0 bridgehead atoms. The van der Waals surface area contributed by atoms with Gasteiger partial charge in [-0.3, -0.25) is 5.32 Å². The number of rotatable bonds is 3. The summed E-state index contributed by atoms with van der Waals surface area (Å²) >= 11 is 0. The molecule has 8 nitrogen and oxygen atoms in total. The fourth-order valence-corrected chi connectivity index (χ4v) is 3.30. The molecule has 30 heavy (non-hydrogen) atoms. The van der Waals surface area contributed by atoms with Crippen LogP contribution in [0.1, 0.15) is 17.2 Å². The fourth-order valence-electron chi connectivity index (χ4n) is 3.30. The number of ether oxygens (including phenoxy) is 1. The summed E-state index contributed by atoms with van der Waals surface area (Å²) in [7, 11) is 0. The van der Waals surface area contributed by atoms with Crippen molar-refractivity contribution in [2.75, 3.05) is 36.4 Å². The van der Waals surface area contributed by atoms with Crippen molar-refractivity contribution in [3.63, 3.8) is 0 Å². The molecule has 160 valence electrons. The molecule has 0 saturated carbocycles. The summed E-state index contributed by atoms with van der Waals surface area (Å²) in [5.41, 5.74) is -1.87. The summed E-state index contributed by atoms with van der Waals surface area (Å²) in [6, 6.07) is 1.64. The minimum Gasteiger partial charge on any atom is -0.435 e. The average molecular weight is 430 g/mol. The molecule has 1 amide bonds. The summed E-state index contributed by atoms with van der Waals surface area (Å²) in [5, 5.41) is 5.25. The van der Waals surface area contributed by atoms with Crippen LogP contribution in [0, 0.1) is 0 Å². The van der Waals surface area contributed by atoms with Crippen LogP contribution in [-0.2, 0) is 10.9 Å². The molecule has 2 aliphatic rings. The lowest BCUT2D eigenvalue weighted by atomic mass is 10.0. The topological polar surface area (TPSA) is 92.3 Å². The first-order chi connectivity index (χ1) is 14.2. The first-order valence-corrected chi connectivity index (χ1v) is 8.90. The molecule has 4 heterocycles. The smallest absolute Gasteiger partial charge is 0.416 e. The fraction of sp³-hybridized carbons (Fsp3) is 0.412. The van der Waals surface area contributed by atoms with Gasteiger partial charge < -0.3 is 15.0 Å². The van der Waals surface area contributed by atoms with Crippen LogP contribution in [0.5, 0.6) is 0 Å². The van der Waals surface area contributed by atoms with Crippen molar-refractivity contribution in [2.24, 2.45) is 0 Å². The van der Waals surface area contributed by atoms with Gasteiger partial charge in [0, 0.05) is 26.2 Å². The van der Waals surface area contributed by atoms with E-state index < -0.39 is 30.4 Å². The van der Waals surface area contributed by atoms with Gasteiger partial charge >= 0.3 is 12.3 Å². The number of pyridine rings is 1. The second-order valence-corrected chi connectivity index (χ2v) is 6.60. The van der Waals surface area contributed by atoms with Crippen LogP contribution in [0.2, 0.25) is 0 Å². The van der Waals surface area contributed by atoms with E-state index in [2.05, 4.69) is 30.3 Å². The number of nitrogens with zero attached hydrogens (tertiary/aromatic N) is 4. The zero-order valence-corrected chi connectivity index (χ0v) is 15.2. The monoisotopic (exact) mass is 430 g/mol. The van der Waals surface area contributed by atoms with Gasteiger partial charge in [0.1, 0.15) is 23.7 Å². The average Bonchev–Trinajstić information content (AvgIpc) is 2.72. The third-order valence-electron chi connectivity index (χ3n) is 4.67. The van der Waals surface area contributed by atoms with Gasteiger partial charge in [0.25, 0.3) is 6.43 Å². The van der Waals surface area contributed by atoms with Gasteiger partial charge in [0.15, 0.2) is 6.10 Å². The number of fused-ring (bicyclic) bond motifs is 1. The number of aromatic nitrogens is 3. The summed E-state index contributed by atoms with van der Waals surface area (Å²) in [5.74, 6) is -0.215. The molecule has 1 atom stereocenters. The van der Waals surface area contributed by atoms with Crippen molar-refractivity contribution in [3.8, 4) is 11.4 Å². The van der Waals surface area contributed by atoms with Gasteiger partial charge in [-0.15, -0.1) is 0 Å². The minimum absolute atomic E-state index is 0.0445. The maximum absolute atomic E-state index is 13.5. The molecular weight excluding hydrogens is 415 g/mol. The number of carbonyl (C=O) groups is 1. The molecule has 1 saturated heterocycles. The maximum Gasteiger partial charge on any atom is 0.416 e. The Labute approximate surface area is 166 Å². The van der Waals surface area contributed by atoms with Crippen molar-refractivity contribution in [1.29, 1.82) is 0 Å². The van der Waals surface area contributed by atoms with E-state index in [1.165, 1.54) is 0 Å². The van der Waals surface area contributed by atoms with Crippen molar-refractivity contribution >= 4 is 17.7 Å². The molecule has 0 spiro atoms. The second kappa shape index (κ2) is 7.63. The SMILES string of the molecule is O=C1Nc2ncnc(-c3cc(C(F)(F)F)cc(N4CCNCC4)n3)c2[C@H](C(F)F)O1. The van der Waals surface area contributed by atoms with E-state index in [9.17, 15) is 26.7 Å². The molecule has 2 aliphatic heterocycles. The molecule has 4 rings (SSSR count). The van der Waals surface area contributed by atoms with E-state index in [4.69, 9.17) is 0 Å². The Morgan fingerprint density at radius 2 is 1.90 bits per heavy atom. The maximum atomic E-state index is 13.5. The summed E-state index contributed by atoms with van der Waals surface area (Å²) in [6.07, 6.45) is -10.1. The Morgan fingerprint density at radius 1 is 1.17 bits per heavy atom.